The highest BCUT2D eigenvalue weighted by molar-refractivity contribution is 7.09. The fraction of sp³-hybridized carbons (Fsp3) is 0.353. The topological polar surface area (TPSA) is 46.8 Å². The Morgan fingerprint density at radius 1 is 1.17 bits per heavy atom. The fourth-order valence-corrected chi connectivity index (χ4v) is 3.81. The summed E-state index contributed by atoms with van der Waals surface area (Å²) in [5.74, 6) is 0. The molecule has 0 radical (unpaired) electrons. The quantitative estimate of drug-likeness (QED) is 0.739. The predicted molar refractivity (Wildman–Crippen MR) is 91.1 cm³/mol. The average Bonchev–Trinajstić information content (AvgIpc) is 3.28. The van der Waals surface area contributed by atoms with Crippen LogP contribution in [0.5, 0.6) is 0 Å². The highest BCUT2D eigenvalue weighted by atomic mass is 32.1. The summed E-state index contributed by atoms with van der Waals surface area (Å²) in [7, 11) is 0. The Hall–Kier alpha value is -2.05. The maximum Gasteiger partial charge on any atom is 0.114 e. The van der Waals surface area contributed by atoms with Gasteiger partial charge in [-0.2, -0.15) is 0 Å². The molecular weight excluding hydrogens is 306 g/mol. The molecule has 23 heavy (non-hydrogen) atoms. The van der Waals surface area contributed by atoms with Crippen LogP contribution in [0.25, 0.3) is 11.3 Å². The lowest BCUT2D eigenvalue weighted by molar-refractivity contribution is 0.173. The normalized spacial score (nSPS) is 16.7. The summed E-state index contributed by atoms with van der Waals surface area (Å²) in [5, 5.41) is 10.8. The van der Waals surface area contributed by atoms with Crippen molar-refractivity contribution in [1.29, 1.82) is 0 Å². The lowest BCUT2D eigenvalue weighted by atomic mass is 10.1. The van der Waals surface area contributed by atoms with Crippen LogP contribution in [0.3, 0.4) is 0 Å². The number of aromatic nitrogens is 4. The number of nitrogens with zero attached hydrogens (tertiary/aromatic N) is 5. The lowest BCUT2D eigenvalue weighted by Crippen LogP contribution is -2.34. The number of hydrogen-bond acceptors (Lipinski definition) is 5. The van der Waals surface area contributed by atoms with Crippen molar-refractivity contribution in [3.05, 3.63) is 53.1 Å². The van der Waals surface area contributed by atoms with E-state index in [9.17, 15) is 0 Å². The molecule has 5 nitrogen and oxygen atoms in total. The number of piperidine rings is 1. The van der Waals surface area contributed by atoms with Gasteiger partial charge < -0.3 is 0 Å². The van der Waals surface area contributed by atoms with E-state index in [0.717, 1.165) is 43.7 Å². The van der Waals surface area contributed by atoms with Gasteiger partial charge in [0.05, 0.1) is 12.2 Å². The van der Waals surface area contributed by atoms with E-state index < -0.39 is 0 Å². The zero-order valence-corrected chi connectivity index (χ0v) is 13.7. The molecule has 4 heterocycles. The lowest BCUT2D eigenvalue weighted by Gasteiger charge is -2.31. The molecule has 1 aliphatic rings. The SMILES string of the molecule is c1cncc(-c2cn(C3CCN(Cc4cccs4)CC3)nn2)c1. The molecule has 0 amide bonds. The van der Waals surface area contributed by atoms with Crippen molar-refractivity contribution in [2.75, 3.05) is 13.1 Å². The maximum absolute atomic E-state index is 4.34. The molecule has 0 bridgehead atoms. The van der Waals surface area contributed by atoms with Crippen LogP contribution < -0.4 is 0 Å². The number of rotatable bonds is 4. The van der Waals surface area contributed by atoms with Crippen LogP contribution in [-0.2, 0) is 6.54 Å². The Labute approximate surface area is 139 Å². The van der Waals surface area contributed by atoms with Crippen LogP contribution in [0.2, 0.25) is 0 Å². The van der Waals surface area contributed by atoms with Crippen molar-refractivity contribution in [3.8, 4) is 11.3 Å². The number of thiophene rings is 1. The third-order valence-electron chi connectivity index (χ3n) is 4.36. The average molecular weight is 325 g/mol. The van der Waals surface area contributed by atoms with Crippen LogP contribution in [0.1, 0.15) is 23.8 Å². The molecule has 0 spiro atoms. The minimum atomic E-state index is 0.451. The minimum Gasteiger partial charge on any atom is -0.298 e. The van der Waals surface area contributed by atoms with Crippen LogP contribution >= 0.6 is 11.3 Å². The highest BCUT2D eigenvalue weighted by Crippen LogP contribution is 2.25. The summed E-state index contributed by atoms with van der Waals surface area (Å²) < 4.78 is 2.03. The molecule has 0 aromatic carbocycles. The van der Waals surface area contributed by atoms with E-state index in [1.54, 1.807) is 6.20 Å². The highest BCUT2D eigenvalue weighted by Gasteiger charge is 2.22. The number of likely N-dealkylation sites (tertiary alicyclic amines) is 1. The molecule has 1 aliphatic heterocycles. The van der Waals surface area contributed by atoms with E-state index in [4.69, 9.17) is 0 Å². The van der Waals surface area contributed by atoms with Crippen molar-refractivity contribution in [1.82, 2.24) is 24.9 Å². The molecule has 0 aliphatic carbocycles. The molecule has 118 valence electrons. The van der Waals surface area contributed by atoms with Crippen molar-refractivity contribution in [3.63, 3.8) is 0 Å². The molecule has 1 fully saturated rings. The van der Waals surface area contributed by atoms with Gasteiger partial charge >= 0.3 is 0 Å². The van der Waals surface area contributed by atoms with Gasteiger partial charge in [-0.15, -0.1) is 16.4 Å². The van der Waals surface area contributed by atoms with E-state index in [2.05, 4.69) is 43.9 Å². The summed E-state index contributed by atoms with van der Waals surface area (Å²) in [6, 6.07) is 8.74. The van der Waals surface area contributed by atoms with Gasteiger partial charge in [-0.25, -0.2) is 4.68 Å². The minimum absolute atomic E-state index is 0.451. The van der Waals surface area contributed by atoms with Crippen molar-refractivity contribution in [2.24, 2.45) is 0 Å². The van der Waals surface area contributed by atoms with Crippen LogP contribution in [-0.4, -0.2) is 38.0 Å². The first-order chi connectivity index (χ1) is 11.4. The summed E-state index contributed by atoms with van der Waals surface area (Å²) in [4.78, 5) is 8.12. The van der Waals surface area contributed by atoms with Crippen LogP contribution in [0, 0.1) is 0 Å². The van der Waals surface area contributed by atoms with Gasteiger partial charge in [0.1, 0.15) is 5.69 Å². The third kappa shape index (κ3) is 3.33. The van der Waals surface area contributed by atoms with E-state index in [1.807, 2.05) is 34.3 Å². The van der Waals surface area contributed by atoms with Gasteiger partial charge in [-0.05, 0) is 36.4 Å². The molecule has 0 N–H and O–H groups in total. The van der Waals surface area contributed by atoms with Gasteiger partial charge in [-0.1, -0.05) is 11.3 Å². The molecule has 3 aromatic heterocycles. The molecule has 0 unspecified atom stereocenters. The first-order valence-corrected chi connectivity index (χ1v) is 8.83. The third-order valence-corrected chi connectivity index (χ3v) is 5.22. The van der Waals surface area contributed by atoms with E-state index in [1.165, 1.54) is 4.88 Å². The molecular formula is C17H19N5S. The fourth-order valence-electron chi connectivity index (χ4n) is 3.07. The smallest absolute Gasteiger partial charge is 0.114 e. The predicted octanol–water partition coefficient (Wildman–Crippen LogP) is 3.24. The molecule has 6 heteroatoms. The first-order valence-electron chi connectivity index (χ1n) is 7.95. The molecule has 0 atom stereocenters. The van der Waals surface area contributed by atoms with Gasteiger partial charge in [0, 0.05) is 42.5 Å². The Morgan fingerprint density at radius 2 is 2.09 bits per heavy atom. The van der Waals surface area contributed by atoms with Gasteiger partial charge in [0.2, 0.25) is 0 Å². The van der Waals surface area contributed by atoms with E-state index in [-0.39, 0.29) is 0 Å². The summed E-state index contributed by atoms with van der Waals surface area (Å²) in [6.45, 7) is 3.30. The Kier molecular flexibility index (Phi) is 4.17. The Bertz CT molecular complexity index is 729. The van der Waals surface area contributed by atoms with Gasteiger partial charge in [-0.3, -0.25) is 9.88 Å². The Morgan fingerprint density at radius 3 is 2.83 bits per heavy atom. The first kappa shape index (κ1) is 14.5. The van der Waals surface area contributed by atoms with E-state index in [0.29, 0.717) is 6.04 Å². The second-order valence-electron chi connectivity index (χ2n) is 5.91. The number of pyridine rings is 1. The molecule has 0 saturated carbocycles. The summed E-state index contributed by atoms with van der Waals surface area (Å²) in [6.07, 6.45) is 7.91. The van der Waals surface area contributed by atoms with Gasteiger partial charge in [0.15, 0.2) is 0 Å². The van der Waals surface area contributed by atoms with E-state index >= 15 is 0 Å². The van der Waals surface area contributed by atoms with Crippen molar-refractivity contribution in [2.45, 2.75) is 25.4 Å². The van der Waals surface area contributed by atoms with Crippen molar-refractivity contribution >= 4 is 11.3 Å². The second-order valence-corrected chi connectivity index (χ2v) is 6.94. The Balaban J connectivity index is 1.38. The van der Waals surface area contributed by atoms with Gasteiger partial charge in [0.25, 0.3) is 0 Å². The van der Waals surface area contributed by atoms with Crippen LogP contribution in [0.4, 0.5) is 0 Å². The van der Waals surface area contributed by atoms with Crippen LogP contribution in [0.15, 0.2) is 48.2 Å². The largest absolute Gasteiger partial charge is 0.298 e. The maximum atomic E-state index is 4.34. The zero-order chi connectivity index (χ0) is 15.5. The monoisotopic (exact) mass is 325 g/mol. The molecule has 3 aromatic rings. The molecule has 4 rings (SSSR count). The second kappa shape index (κ2) is 6.60. The number of hydrogen-bond donors (Lipinski definition) is 0. The van der Waals surface area contributed by atoms with Crippen molar-refractivity contribution < 1.29 is 0 Å². The summed E-state index contributed by atoms with van der Waals surface area (Å²) >= 11 is 1.84. The standard InChI is InChI=1S/C17H19N5S/c1-3-14(11-18-7-1)17-13-22(20-19-17)15-5-8-21(9-6-15)12-16-4-2-10-23-16/h1-4,7,10-11,13,15H,5-6,8-9,12H2. The summed E-state index contributed by atoms with van der Waals surface area (Å²) in [5.41, 5.74) is 1.92. The molecule has 1 saturated heterocycles. The zero-order valence-electron chi connectivity index (χ0n) is 12.9.